The zero-order chi connectivity index (χ0) is 18.3. The van der Waals surface area contributed by atoms with Crippen LogP contribution in [0.2, 0.25) is 0 Å². The number of anilines is 1. The molecule has 0 fully saturated rings. The average Bonchev–Trinajstić information content (AvgIpc) is 3.17. The van der Waals surface area contributed by atoms with Crippen molar-refractivity contribution in [2.75, 3.05) is 11.9 Å². The quantitative estimate of drug-likeness (QED) is 0.605. The Morgan fingerprint density at radius 3 is 2.81 bits per heavy atom. The molecule has 1 N–H and O–H groups in total. The average molecular weight is 361 g/mol. The number of aryl methyl sites for hydroxylation is 1. The van der Waals surface area contributed by atoms with Gasteiger partial charge in [0.1, 0.15) is 5.52 Å². The second-order valence-corrected chi connectivity index (χ2v) is 5.85. The minimum Gasteiger partial charge on any atom is -0.353 e. The van der Waals surface area contributed by atoms with Crippen LogP contribution in [0.15, 0.2) is 36.7 Å². The van der Waals surface area contributed by atoms with E-state index in [-0.39, 0.29) is 12.5 Å². The summed E-state index contributed by atoms with van der Waals surface area (Å²) in [6.07, 6.45) is -1.82. The number of benzene rings is 1. The highest BCUT2D eigenvalue weighted by atomic mass is 19.4. The monoisotopic (exact) mass is 361 g/mol. The van der Waals surface area contributed by atoms with Crippen molar-refractivity contribution in [3.8, 4) is 11.1 Å². The zero-order valence-corrected chi connectivity index (χ0v) is 13.7. The molecule has 134 valence electrons. The Morgan fingerprint density at radius 2 is 2.00 bits per heavy atom. The number of nitrogens with zero attached hydrogens (tertiary/aromatic N) is 6. The second kappa shape index (κ2) is 5.97. The summed E-state index contributed by atoms with van der Waals surface area (Å²) in [4.78, 5) is 4.11. The first-order valence-corrected chi connectivity index (χ1v) is 7.85. The summed E-state index contributed by atoms with van der Waals surface area (Å²) < 4.78 is 39.9. The summed E-state index contributed by atoms with van der Waals surface area (Å²) in [5.41, 5.74) is 4.31. The summed E-state index contributed by atoms with van der Waals surface area (Å²) in [6.45, 7) is -0.271. The molecule has 26 heavy (non-hydrogen) atoms. The molecule has 0 saturated carbocycles. The molecule has 3 aromatic heterocycles. The summed E-state index contributed by atoms with van der Waals surface area (Å²) in [5.74, 6) is 0.148. The number of alkyl halides is 3. The number of nitrogens with one attached hydrogen (secondary N) is 1. The summed E-state index contributed by atoms with van der Waals surface area (Å²) >= 11 is 0. The summed E-state index contributed by atoms with van der Waals surface area (Å²) in [6, 6.07) is 7.67. The molecule has 3 heterocycles. The summed E-state index contributed by atoms with van der Waals surface area (Å²) in [5, 5.41) is 14.8. The number of fused-ring (bicyclic) bond motifs is 2. The number of hydrogen-bond donors (Lipinski definition) is 1. The number of halogens is 3. The zero-order valence-electron chi connectivity index (χ0n) is 13.7. The highest BCUT2D eigenvalue weighted by Crippen LogP contribution is 2.27. The molecule has 0 aliphatic rings. The van der Waals surface area contributed by atoms with Crippen molar-refractivity contribution in [3.05, 3.63) is 36.7 Å². The summed E-state index contributed by atoms with van der Waals surface area (Å²) in [7, 11) is 1.82. The lowest BCUT2D eigenvalue weighted by molar-refractivity contribution is -0.131. The van der Waals surface area contributed by atoms with E-state index in [1.54, 1.807) is 21.6 Å². The third-order valence-electron chi connectivity index (χ3n) is 4.03. The van der Waals surface area contributed by atoms with E-state index in [9.17, 15) is 13.2 Å². The molecule has 1 aromatic carbocycles. The van der Waals surface area contributed by atoms with Gasteiger partial charge in [-0.1, -0.05) is 11.3 Å². The van der Waals surface area contributed by atoms with E-state index < -0.39 is 12.6 Å². The smallest absolute Gasteiger partial charge is 0.353 e. The Hall–Kier alpha value is -3.17. The highest BCUT2D eigenvalue weighted by Gasteiger charge is 2.26. The van der Waals surface area contributed by atoms with Crippen molar-refractivity contribution in [3.63, 3.8) is 0 Å². The third kappa shape index (κ3) is 3.05. The van der Waals surface area contributed by atoms with E-state index in [4.69, 9.17) is 0 Å². The Morgan fingerprint density at radius 1 is 1.15 bits per heavy atom. The van der Waals surface area contributed by atoms with E-state index in [2.05, 4.69) is 25.7 Å². The fourth-order valence-electron chi connectivity index (χ4n) is 2.74. The predicted molar refractivity (Wildman–Crippen MR) is 89.7 cm³/mol. The Balaban J connectivity index is 1.63. The molecule has 0 spiro atoms. The van der Waals surface area contributed by atoms with Gasteiger partial charge in [0.2, 0.25) is 5.95 Å². The highest BCUT2D eigenvalue weighted by molar-refractivity contribution is 5.87. The van der Waals surface area contributed by atoms with Crippen LogP contribution < -0.4 is 5.32 Å². The van der Waals surface area contributed by atoms with Crippen LogP contribution in [-0.2, 0) is 7.05 Å². The van der Waals surface area contributed by atoms with Gasteiger partial charge in [-0.05, 0) is 23.8 Å². The molecule has 0 bridgehead atoms. The Labute approximate surface area is 145 Å². The van der Waals surface area contributed by atoms with Gasteiger partial charge in [-0.2, -0.15) is 13.2 Å². The lowest BCUT2D eigenvalue weighted by Gasteiger charge is -2.08. The molecule has 0 aliphatic carbocycles. The van der Waals surface area contributed by atoms with Crippen molar-refractivity contribution < 1.29 is 13.2 Å². The van der Waals surface area contributed by atoms with Crippen molar-refractivity contribution >= 4 is 22.5 Å². The molecule has 0 amide bonds. The van der Waals surface area contributed by atoms with Crippen molar-refractivity contribution in [2.24, 2.45) is 7.05 Å². The van der Waals surface area contributed by atoms with E-state index in [0.29, 0.717) is 0 Å². The second-order valence-electron chi connectivity index (χ2n) is 5.85. The minimum atomic E-state index is -4.21. The molecule has 4 aromatic rings. The molecule has 0 radical (unpaired) electrons. The van der Waals surface area contributed by atoms with Crippen LogP contribution in [0.3, 0.4) is 0 Å². The molecule has 7 nitrogen and oxygen atoms in total. The molecule has 0 atom stereocenters. The van der Waals surface area contributed by atoms with E-state index in [0.717, 1.165) is 27.7 Å². The molecule has 0 unspecified atom stereocenters. The van der Waals surface area contributed by atoms with Gasteiger partial charge in [0.05, 0.1) is 23.7 Å². The molecule has 4 rings (SSSR count). The maximum absolute atomic E-state index is 12.2. The van der Waals surface area contributed by atoms with Crippen LogP contribution in [0.1, 0.15) is 6.42 Å². The first kappa shape index (κ1) is 16.3. The maximum atomic E-state index is 12.2. The van der Waals surface area contributed by atoms with E-state index in [1.165, 1.54) is 0 Å². The Kier molecular flexibility index (Phi) is 3.74. The maximum Gasteiger partial charge on any atom is 0.390 e. The van der Waals surface area contributed by atoms with Gasteiger partial charge in [-0.15, -0.1) is 10.2 Å². The number of rotatable bonds is 4. The van der Waals surface area contributed by atoms with Gasteiger partial charge in [0.15, 0.2) is 0 Å². The topological polar surface area (TPSA) is 72.9 Å². The van der Waals surface area contributed by atoms with Gasteiger partial charge in [0, 0.05) is 25.4 Å². The molecule has 0 aliphatic heterocycles. The molecule has 0 saturated heterocycles. The van der Waals surface area contributed by atoms with Gasteiger partial charge >= 0.3 is 6.18 Å². The SMILES string of the molecule is Cn1nnc2ccc(-c3ccn4nc(NCCC(F)(F)F)ncc34)cc21. The van der Waals surface area contributed by atoms with Crippen LogP contribution in [0.25, 0.3) is 27.7 Å². The van der Waals surface area contributed by atoms with Crippen LogP contribution in [0, 0.1) is 0 Å². The Bertz CT molecular complexity index is 1080. The molecule has 10 heteroatoms. The van der Waals surface area contributed by atoms with Gasteiger partial charge < -0.3 is 5.32 Å². The number of aromatic nitrogens is 6. The lowest BCUT2D eigenvalue weighted by atomic mass is 10.1. The fourth-order valence-corrected chi connectivity index (χ4v) is 2.74. The van der Waals surface area contributed by atoms with E-state index in [1.807, 2.05) is 31.3 Å². The molecular weight excluding hydrogens is 347 g/mol. The van der Waals surface area contributed by atoms with Crippen molar-refractivity contribution in [2.45, 2.75) is 12.6 Å². The number of hydrogen-bond acceptors (Lipinski definition) is 5. The van der Waals surface area contributed by atoms with Crippen molar-refractivity contribution in [1.82, 2.24) is 29.6 Å². The predicted octanol–water partition coefficient (Wildman–Crippen LogP) is 3.04. The minimum absolute atomic E-state index is 0.148. The van der Waals surface area contributed by atoms with Crippen LogP contribution in [-0.4, -0.2) is 42.3 Å². The van der Waals surface area contributed by atoms with Gasteiger partial charge in [-0.25, -0.2) is 14.2 Å². The first-order chi connectivity index (χ1) is 12.4. The van der Waals surface area contributed by atoms with Crippen LogP contribution in [0.4, 0.5) is 19.1 Å². The van der Waals surface area contributed by atoms with Gasteiger partial charge in [-0.3, -0.25) is 0 Å². The van der Waals surface area contributed by atoms with Crippen LogP contribution in [0.5, 0.6) is 0 Å². The van der Waals surface area contributed by atoms with Gasteiger partial charge in [0.25, 0.3) is 0 Å². The van der Waals surface area contributed by atoms with E-state index >= 15 is 0 Å². The standard InChI is InChI=1S/C16H14F3N7/c1-25-13-8-10(2-3-12(13)22-24-25)11-4-7-26-14(11)9-21-15(23-26)20-6-5-16(17,18)19/h2-4,7-9H,5-6H2,1H3,(H,20,23). The first-order valence-electron chi connectivity index (χ1n) is 7.85. The normalized spacial score (nSPS) is 12.2. The molecular formula is C16H14F3N7. The fraction of sp³-hybridized carbons (Fsp3) is 0.250. The van der Waals surface area contributed by atoms with Crippen LogP contribution >= 0.6 is 0 Å². The largest absolute Gasteiger partial charge is 0.390 e. The lowest BCUT2D eigenvalue weighted by Crippen LogP contribution is -2.16. The third-order valence-corrected chi connectivity index (χ3v) is 4.03. The van der Waals surface area contributed by atoms with Crippen molar-refractivity contribution in [1.29, 1.82) is 0 Å².